The zero-order valence-corrected chi connectivity index (χ0v) is 14.3. The number of rotatable bonds is 5. The Morgan fingerprint density at radius 2 is 2.12 bits per heavy atom. The van der Waals surface area contributed by atoms with Crippen LogP contribution in [0.2, 0.25) is 0 Å². The molecule has 3 aromatic rings. The van der Waals surface area contributed by atoms with E-state index in [4.69, 9.17) is 4.74 Å². The molecule has 1 aliphatic rings. The summed E-state index contributed by atoms with van der Waals surface area (Å²) in [6, 6.07) is 7.77. The van der Waals surface area contributed by atoms with Crippen LogP contribution in [0.5, 0.6) is 5.75 Å². The van der Waals surface area contributed by atoms with Gasteiger partial charge in [0.05, 0.1) is 18.5 Å². The highest BCUT2D eigenvalue weighted by Crippen LogP contribution is 2.34. The fourth-order valence-corrected chi connectivity index (χ4v) is 4.43. The lowest BCUT2D eigenvalue weighted by Gasteiger charge is -2.08. The van der Waals surface area contributed by atoms with E-state index in [1.807, 2.05) is 31.2 Å². The number of H-pyrrole nitrogens is 1. The highest BCUT2D eigenvalue weighted by molar-refractivity contribution is 7.18. The third-order valence-electron chi connectivity index (χ3n) is 4.25. The van der Waals surface area contributed by atoms with E-state index in [-0.39, 0.29) is 5.56 Å². The molecular formula is C18H19N3O2S. The van der Waals surface area contributed by atoms with Crippen LogP contribution in [0.25, 0.3) is 10.2 Å². The van der Waals surface area contributed by atoms with Crippen molar-refractivity contribution in [1.29, 1.82) is 0 Å². The molecule has 5 nitrogen and oxygen atoms in total. The van der Waals surface area contributed by atoms with Crippen molar-refractivity contribution in [3.8, 4) is 5.75 Å². The number of aromatic nitrogens is 2. The van der Waals surface area contributed by atoms with Crippen molar-refractivity contribution in [3.63, 3.8) is 0 Å². The standard InChI is InChI=1S/C18H19N3O2S/c1-2-23-12-8-6-11(7-9-12)19-10-15-20-17(22)16-13-4-3-5-14(13)24-18(16)21-15/h6-9,19H,2-5,10H2,1H3,(H,20,21,22). The van der Waals surface area contributed by atoms with E-state index in [9.17, 15) is 4.79 Å². The van der Waals surface area contributed by atoms with Crippen LogP contribution in [-0.4, -0.2) is 16.6 Å². The second kappa shape index (κ2) is 6.28. The Bertz CT molecular complexity index is 928. The van der Waals surface area contributed by atoms with Crippen LogP contribution >= 0.6 is 11.3 Å². The maximum absolute atomic E-state index is 12.4. The first kappa shape index (κ1) is 15.2. The van der Waals surface area contributed by atoms with E-state index in [0.717, 1.165) is 40.9 Å². The van der Waals surface area contributed by atoms with Gasteiger partial charge in [-0.1, -0.05) is 0 Å². The van der Waals surface area contributed by atoms with Crippen LogP contribution in [0.3, 0.4) is 0 Å². The van der Waals surface area contributed by atoms with Gasteiger partial charge in [0.15, 0.2) is 0 Å². The van der Waals surface area contributed by atoms with Gasteiger partial charge in [0.25, 0.3) is 5.56 Å². The van der Waals surface area contributed by atoms with Crippen molar-refractivity contribution in [2.75, 3.05) is 11.9 Å². The average Bonchev–Trinajstić information content (AvgIpc) is 3.15. The van der Waals surface area contributed by atoms with Crippen molar-refractivity contribution in [2.45, 2.75) is 32.7 Å². The molecule has 2 aromatic heterocycles. The summed E-state index contributed by atoms with van der Waals surface area (Å²) in [7, 11) is 0. The topological polar surface area (TPSA) is 67.0 Å². The molecule has 0 aliphatic heterocycles. The first-order valence-corrected chi connectivity index (χ1v) is 9.06. The Kier molecular flexibility index (Phi) is 3.98. The van der Waals surface area contributed by atoms with Gasteiger partial charge in [0.2, 0.25) is 0 Å². The molecule has 0 spiro atoms. The van der Waals surface area contributed by atoms with Crippen LogP contribution in [-0.2, 0) is 19.4 Å². The van der Waals surface area contributed by atoms with Crippen LogP contribution < -0.4 is 15.6 Å². The lowest BCUT2D eigenvalue weighted by Crippen LogP contribution is -2.14. The molecule has 2 N–H and O–H groups in total. The highest BCUT2D eigenvalue weighted by Gasteiger charge is 2.20. The Morgan fingerprint density at radius 1 is 1.29 bits per heavy atom. The molecule has 0 bridgehead atoms. The third-order valence-corrected chi connectivity index (χ3v) is 5.44. The SMILES string of the molecule is CCOc1ccc(NCc2nc3sc4c(c3c(=O)[nH]2)CCC4)cc1. The summed E-state index contributed by atoms with van der Waals surface area (Å²) in [5.74, 6) is 1.52. The van der Waals surface area contributed by atoms with E-state index < -0.39 is 0 Å². The quantitative estimate of drug-likeness (QED) is 0.745. The van der Waals surface area contributed by atoms with E-state index in [2.05, 4.69) is 15.3 Å². The number of nitrogens with zero attached hydrogens (tertiary/aromatic N) is 1. The zero-order valence-electron chi connectivity index (χ0n) is 13.5. The number of aromatic amines is 1. The largest absolute Gasteiger partial charge is 0.494 e. The van der Waals surface area contributed by atoms with Gasteiger partial charge in [-0.05, 0) is 56.0 Å². The molecule has 24 heavy (non-hydrogen) atoms. The van der Waals surface area contributed by atoms with Gasteiger partial charge in [-0.2, -0.15) is 0 Å². The molecule has 0 fully saturated rings. The summed E-state index contributed by atoms with van der Waals surface area (Å²) < 4.78 is 5.43. The second-order valence-electron chi connectivity index (χ2n) is 5.86. The predicted molar refractivity (Wildman–Crippen MR) is 97.2 cm³/mol. The Hall–Kier alpha value is -2.34. The van der Waals surface area contributed by atoms with Gasteiger partial charge in [-0.3, -0.25) is 4.79 Å². The molecule has 1 aromatic carbocycles. The fourth-order valence-electron chi connectivity index (χ4n) is 3.15. The molecule has 0 unspecified atom stereocenters. The Balaban J connectivity index is 1.53. The Labute approximate surface area is 143 Å². The summed E-state index contributed by atoms with van der Waals surface area (Å²) >= 11 is 1.67. The molecule has 0 saturated heterocycles. The summed E-state index contributed by atoms with van der Waals surface area (Å²) in [5.41, 5.74) is 2.17. The molecule has 0 atom stereocenters. The number of ether oxygens (including phenoxy) is 1. The average molecular weight is 341 g/mol. The molecule has 124 valence electrons. The molecule has 0 radical (unpaired) electrons. The number of nitrogens with one attached hydrogen (secondary N) is 2. The minimum absolute atomic E-state index is 0.0112. The number of hydrogen-bond donors (Lipinski definition) is 2. The molecule has 1 aliphatic carbocycles. The van der Waals surface area contributed by atoms with Gasteiger partial charge in [-0.15, -0.1) is 11.3 Å². The summed E-state index contributed by atoms with van der Waals surface area (Å²) in [4.78, 5) is 22.2. The summed E-state index contributed by atoms with van der Waals surface area (Å²) in [6.07, 6.45) is 3.23. The van der Waals surface area contributed by atoms with Crippen LogP contribution in [0.4, 0.5) is 5.69 Å². The van der Waals surface area contributed by atoms with Crippen LogP contribution in [0, 0.1) is 0 Å². The maximum atomic E-state index is 12.4. The van der Waals surface area contributed by atoms with E-state index in [0.29, 0.717) is 19.0 Å². The van der Waals surface area contributed by atoms with E-state index in [1.54, 1.807) is 11.3 Å². The third kappa shape index (κ3) is 2.78. The van der Waals surface area contributed by atoms with Crippen molar-refractivity contribution >= 4 is 27.2 Å². The molecule has 0 amide bonds. The molecule has 4 rings (SSSR count). The van der Waals surface area contributed by atoms with Gasteiger partial charge < -0.3 is 15.0 Å². The van der Waals surface area contributed by atoms with Crippen molar-refractivity contribution in [1.82, 2.24) is 9.97 Å². The molecular weight excluding hydrogens is 322 g/mol. The predicted octanol–water partition coefficient (Wildman–Crippen LogP) is 3.48. The monoisotopic (exact) mass is 341 g/mol. The lowest BCUT2D eigenvalue weighted by atomic mass is 10.2. The minimum atomic E-state index is -0.0112. The maximum Gasteiger partial charge on any atom is 0.259 e. The van der Waals surface area contributed by atoms with Gasteiger partial charge in [-0.25, -0.2) is 4.98 Å². The van der Waals surface area contributed by atoms with Gasteiger partial charge in [0.1, 0.15) is 16.4 Å². The summed E-state index contributed by atoms with van der Waals surface area (Å²) in [6.45, 7) is 3.11. The van der Waals surface area contributed by atoms with Gasteiger partial charge in [0, 0.05) is 10.6 Å². The number of thiophene rings is 1. The normalized spacial score (nSPS) is 13.2. The minimum Gasteiger partial charge on any atom is -0.494 e. The number of anilines is 1. The second-order valence-corrected chi connectivity index (χ2v) is 6.94. The van der Waals surface area contributed by atoms with Crippen LogP contribution in [0.1, 0.15) is 29.6 Å². The highest BCUT2D eigenvalue weighted by atomic mass is 32.1. The van der Waals surface area contributed by atoms with Gasteiger partial charge >= 0.3 is 0 Å². The first-order chi connectivity index (χ1) is 11.7. The smallest absolute Gasteiger partial charge is 0.259 e. The van der Waals surface area contributed by atoms with Crippen molar-refractivity contribution in [3.05, 3.63) is 50.9 Å². The van der Waals surface area contributed by atoms with E-state index >= 15 is 0 Å². The summed E-state index contributed by atoms with van der Waals surface area (Å²) in [5, 5.41) is 4.09. The van der Waals surface area contributed by atoms with Crippen molar-refractivity contribution < 1.29 is 4.74 Å². The molecule has 6 heteroatoms. The number of hydrogen-bond acceptors (Lipinski definition) is 5. The van der Waals surface area contributed by atoms with Crippen LogP contribution in [0.15, 0.2) is 29.1 Å². The zero-order chi connectivity index (χ0) is 16.5. The molecule has 2 heterocycles. The number of fused-ring (bicyclic) bond motifs is 3. The lowest BCUT2D eigenvalue weighted by molar-refractivity contribution is 0.340. The van der Waals surface area contributed by atoms with Crippen molar-refractivity contribution in [2.24, 2.45) is 0 Å². The first-order valence-electron chi connectivity index (χ1n) is 8.25. The Morgan fingerprint density at radius 3 is 2.92 bits per heavy atom. The number of aryl methyl sites for hydroxylation is 2. The number of benzene rings is 1. The molecule has 0 saturated carbocycles. The van der Waals surface area contributed by atoms with E-state index in [1.165, 1.54) is 10.4 Å². The fraction of sp³-hybridized carbons (Fsp3) is 0.333.